The van der Waals surface area contributed by atoms with E-state index in [0.29, 0.717) is 18.0 Å². The number of para-hydroxylation sites is 1. The van der Waals surface area contributed by atoms with Crippen LogP contribution in [0.3, 0.4) is 0 Å². The van der Waals surface area contributed by atoms with Gasteiger partial charge >= 0.3 is 0 Å². The maximum atomic E-state index is 12.5. The van der Waals surface area contributed by atoms with Crippen LogP contribution in [-0.4, -0.2) is 17.0 Å². The van der Waals surface area contributed by atoms with E-state index in [1.807, 2.05) is 68.4 Å². The quantitative estimate of drug-likeness (QED) is 0.761. The number of carbonyl (C=O) groups is 1. The number of hydrogen-bond donors (Lipinski definition) is 1. The Morgan fingerprint density at radius 1 is 1.12 bits per heavy atom. The van der Waals surface area contributed by atoms with Gasteiger partial charge in [-0.2, -0.15) is 0 Å². The maximum absolute atomic E-state index is 12.5. The lowest BCUT2D eigenvalue weighted by atomic mass is 10.2. The van der Waals surface area contributed by atoms with Crippen LogP contribution in [0.25, 0.3) is 10.9 Å². The largest absolute Gasteiger partial charge is 0.481 e. The number of nitrogens with zero attached hydrogens (tertiary/aromatic N) is 1. The van der Waals surface area contributed by atoms with Gasteiger partial charge < -0.3 is 10.1 Å². The van der Waals surface area contributed by atoms with Crippen molar-refractivity contribution in [1.82, 2.24) is 4.98 Å². The fourth-order valence-electron chi connectivity index (χ4n) is 2.52. The Balaban J connectivity index is 1.73. The average Bonchev–Trinajstić information content (AvgIpc) is 2.59. The molecule has 1 N–H and O–H groups in total. The predicted octanol–water partition coefficient (Wildman–Crippen LogP) is 4.34. The molecule has 2 aromatic carbocycles. The number of aromatic nitrogens is 1. The van der Waals surface area contributed by atoms with Crippen LogP contribution in [0, 0.1) is 6.92 Å². The number of amides is 1. The van der Waals surface area contributed by atoms with E-state index in [-0.39, 0.29) is 5.91 Å². The molecular formula is C20H20N2O2. The first-order valence-electron chi connectivity index (χ1n) is 8.05. The third kappa shape index (κ3) is 3.71. The summed E-state index contributed by atoms with van der Waals surface area (Å²) in [4.78, 5) is 17.0. The summed E-state index contributed by atoms with van der Waals surface area (Å²) in [6, 6.07) is 19.2. The lowest BCUT2D eigenvalue weighted by Crippen LogP contribution is -2.32. The molecule has 1 aromatic heterocycles. The summed E-state index contributed by atoms with van der Waals surface area (Å²) in [7, 11) is 0. The SMILES string of the molecule is CCC(Oc1cccc(C)c1)C(=O)Nc1ccc2ccccc2n1. The van der Waals surface area contributed by atoms with Gasteiger partial charge in [-0.05, 0) is 49.2 Å². The Labute approximate surface area is 141 Å². The molecule has 1 heterocycles. The van der Waals surface area contributed by atoms with Crippen molar-refractivity contribution in [2.45, 2.75) is 26.4 Å². The van der Waals surface area contributed by atoms with Crippen LogP contribution in [0.1, 0.15) is 18.9 Å². The van der Waals surface area contributed by atoms with E-state index in [9.17, 15) is 4.79 Å². The molecule has 122 valence electrons. The van der Waals surface area contributed by atoms with Gasteiger partial charge in [-0.3, -0.25) is 4.79 Å². The third-order valence-electron chi connectivity index (χ3n) is 3.78. The van der Waals surface area contributed by atoms with Gasteiger partial charge in [0.25, 0.3) is 5.91 Å². The highest BCUT2D eigenvalue weighted by molar-refractivity contribution is 5.94. The van der Waals surface area contributed by atoms with Crippen molar-refractivity contribution in [2.75, 3.05) is 5.32 Å². The molecule has 3 rings (SSSR count). The molecule has 0 aliphatic carbocycles. The van der Waals surface area contributed by atoms with Crippen LogP contribution in [0.15, 0.2) is 60.7 Å². The first kappa shape index (κ1) is 16.0. The molecule has 0 spiro atoms. The molecule has 0 aliphatic heterocycles. The number of pyridine rings is 1. The minimum absolute atomic E-state index is 0.193. The van der Waals surface area contributed by atoms with E-state index < -0.39 is 6.10 Å². The van der Waals surface area contributed by atoms with E-state index in [1.165, 1.54) is 0 Å². The van der Waals surface area contributed by atoms with Crippen molar-refractivity contribution in [3.8, 4) is 5.75 Å². The van der Waals surface area contributed by atoms with E-state index >= 15 is 0 Å². The fraction of sp³-hybridized carbons (Fsp3) is 0.200. The second-order valence-corrected chi connectivity index (χ2v) is 5.71. The van der Waals surface area contributed by atoms with E-state index in [1.54, 1.807) is 6.07 Å². The number of aryl methyl sites for hydroxylation is 1. The third-order valence-corrected chi connectivity index (χ3v) is 3.78. The number of nitrogens with one attached hydrogen (secondary N) is 1. The lowest BCUT2D eigenvalue weighted by molar-refractivity contribution is -0.122. The molecule has 4 heteroatoms. The van der Waals surface area contributed by atoms with Crippen LogP contribution in [0.2, 0.25) is 0 Å². The topological polar surface area (TPSA) is 51.2 Å². The van der Waals surface area contributed by atoms with Gasteiger partial charge in [-0.15, -0.1) is 0 Å². The molecule has 1 amide bonds. The predicted molar refractivity (Wildman–Crippen MR) is 96.3 cm³/mol. The number of ether oxygens (including phenoxy) is 1. The molecule has 1 atom stereocenters. The number of carbonyl (C=O) groups excluding carboxylic acids is 1. The average molecular weight is 320 g/mol. The Bertz CT molecular complexity index is 861. The number of benzene rings is 2. The minimum Gasteiger partial charge on any atom is -0.481 e. The molecule has 0 fully saturated rings. The smallest absolute Gasteiger partial charge is 0.266 e. The highest BCUT2D eigenvalue weighted by Crippen LogP contribution is 2.18. The molecule has 24 heavy (non-hydrogen) atoms. The lowest BCUT2D eigenvalue weighted by Gasteiger charge is -2.17. The first-order valence-corrected chi connectivity index (χ1v) is 8.05. The van der Waals surface area contributed by atoms with Gasteiger partial charge in [0, 0.05) is 5.39 Å². The molecule has 4 nitrogen and oxygen atoms in total. The summed E-state index contributed by atoms with van der Waals surface area (Å²) >= 11 is 0. The standard InChI is InChI=1S/C20H20N2O2/c1-3-18(24-16-9-6-7-14(2)13-16)20(23)22-19-12-11-15-8-4-5-10-17(15)21-19/h4-13,18H,3H2,1-2H3,(H,21,22,23). The fourth-order valence-corrected chi connectivity index (χ4v) is 2.52. The summed E-state index contributed by atoms with van der Waals surface area (Å²) in [5.41, 5.74) is 1.95. The Kier molecular flexibility index (Phi) is 4.75. The molecule has 0 radical (unpaired) electrons. The van der Waals surface area contributed by atoms with Gasteiger partial charge in [-0.1, -0.05) is 37.3 Å². The van der Waals surface area contributed by atoms with Crippen LogP contribution in [-0.2, 0) is 4.79 Å². The zero-order valence-corrected chi connectivity index (χ0v) is 13.8. The number of anilines is 1. The normalized spacial score (nSPS) is 11.9. The summed E-state index contributed by atoms with van der Waals surface area (Å²) in [5.74, 6) is 1.04. The van der Waals surface area contributed by atoms with Gasteiger partial charge in [-0.25, -0.2) is 4.98 Å². The van der Waals surface area contributed by atoms with Crippen molar-refractivity contribution in [3.05, 3.63) is 66.2 Å². The summed E-state index contributed by atoms with van der Waals surface area (Å²) < 4.78 is 5.83. The molecule has 3 aromatic rings. The van der Waals surface area contributed by atoms with E-state index in [2.05, 4.69) is 10.3 Å². The Hall–Kier alpha value is -2.88. The van der Waals surface area contributed by atoms with Gasteiger partial charge in [0.05, 0.1) is 5.52 Å². The van der Waals surface area contributed by atoms with Crippen molar-refractivity contribution < 1.29 is 9.53 Å². The van der Waals surface area contributed by atoms with Gasteiger partial charge in [0.2, 0.25) is 0 Å². The second-order valence-electron chi connectivity index (χ2n) is 5.71. The van der Waals surface area contributed by atoms with Crippen molar-refractivity contribution in [3.63, 3.8) is 0 Å². The monoisotopic (exact) mass is 320 g/mol. The van der Waals surface area contributed by atoms with Crippen molar-refractivity contribution in [2.24, 2.45) is 0 Å². The number of fused-ring (bicyclic) bond motifs is 1. The summed E-state index contributed by atoms with van der Waals surface area (Å²) in [5, 5.41) is 3.89. The van der Waals surface area contributed by atoms with Crippen molar-refractivity contribution >= 4 is 22.6 Å². The van der Waals surface area contributed by atoms with Crippen LogP contribution >= 0.6 is 0 Å². The maximum Gasteiger partial charge on any atom is 0.266 e. The Morgan fingerprint density at radius 2 is 1.96 bits per heavy atom. The van der Waals surface area contributed by atoms with Crippen LogP contribution < -0.4 is 10.1 Å². The van der Waals surface area contributed by atoms with Gasteiger partial charge in [0.15, 0.2) is 6.10 Å². The van der Waals surface area contributed by atoms with Gasteiger partial charge in [0.1, 0.15) is 11.6 Å². The van der Waals surface area contributed by atoms with Crippen molar-refractivity contribution in [1.29, 1.82) is 0 Å². The molecule has 0 aliphatic rings. The summed E-state index contributed by atoms with van der Waals surface area (Å²) in [6.07, 6.45) is 0.0213. The summed E-state index contributed by atoms with van der Waals surface area (Å²) in [6.45, 7) is 3.92. The zero-order chi connectivity index (χ0) is 16.9. The minimum atomic E-state index is -0.555. The van der Waals surface area contributed by atoms with E-state index in [4.69, 9.17) is 4.74 Å². The highest BCUT2D eigenvalue weighted by Gasteiger charge is 2.19. The Morgan fingerprint density at radius 3 is 2.75 bits per heavy atom. The zero-order valence-electron chi connectivity index (χ0n) is 13.8. The molecule has 0 bridgehead atoms. The van der Waals surface area contributed by atoms with Crippen LogP contribution in [0.5, 0.6) is 5.75 Å². The first-order chi connectivity index (χ1) is 11.7. The number of rotatable bonds is 5. The highest BCUT2D eigenvalue weighted by atomic mass is 16.5. The molecule has 0 saturated carbocycles. The molecular weight excluding hydrogens is 300 g/mol. The van der Waals surface area contributed by atoms with E-state index in [0.717, 1.165) is 16.5 Å². The molecule has 0 saturated heterocycles. The molecule has 1 unspecified atom stereocenters. The second kappa shape index (κ2) is 7.13. The number of hydrogen-bond acceptors (Lipinski definition) is 3. The van der Waals surface area contributed by atoms with Crippen LogP contribution in [0.4, 0.5) is 5.82 Å².